The quantitative estimate of drug-likeness (QED) is 0.304. The summed E-state index contributed by atoms with van der Waals surface area (Å²) >= 11 is 8.73. The van der Waals surface area contributed by atoms with Gasteiger partial charge in [-0.1, -0.05) is 80.6 Å². The Morgan fingerprint density at radius 2 is 1.39 bits per heavy atom. The molecule has 0 aromatic heterocycles. The Labute approximate surface area is 156 Å². The first-order valence-electron chi connectivity index (χ1n) is 9.03. The van der Waals surface area contributed by atoms with Crippen LogP contribution in [0.4, 0.5) is 5.69 Å². The number of unbranched alkanes of at least 4 members (excludes halogenated alkanes) is 9. The molecule has 130 valence electrons. The van der Waals surface area contributed by atoms with Crippen LogP contribution in [0.25, 0.3) is 0 Å². The lowest BCUT2D eigenvalue weighted by Gasteiger charge is -2.10. The Hall–Kier alpha value is -0.610. The number of hydrogen-bond acceptors (Lipinski definition) is 1. The third-order valence-electron chi connectivity index (χ3n) is 3.92. The zero-order chi connectivity index (χ0) is 16.8. The Balaban J connectivity index is 1.90. The number of hydrogen-bond donors (Lipinski definition) is 2. The lowest BCUT2D eigenvalue weighted by molar-refractivity contribution is 0.555. The molecular weight excluding hydrogens is 368 g/mol. The van der Waals surface area contributed by atoms with Gasteiger partial charge in [0.15, 0.2) is 5.11 Å². The molecule has 1 aromatic carbocycles. The first-order chi connectivity index (χ1) is 11.2. The smallest absolute Gasteiger partial charge is 0.170 e. The average Bonchev–Trinajstić information content (AvgIpc) is 2.55. The Bertz CT molecular complexity index is 420. The molecule has 0 unspecified atom stereocenters. The number of rotatable bonds is 12. The van der Waals surface area contributed by atoms with E-state index in [4.69, 9.17) is 12.2 Å². The van der Waals surface area contributed by atoms with Gasteiger partial charge in [-0.25, -0.2) is 0 Å². The fraction of sp³-hybridized carbons (Fsp3) is 0.632. The topological polar surface area (TPSA) is 24.1 Å². The van der Waals surface area contributed by atoms with Crippen LogP contribution in [0.1, 0.15) is 71.1 Å². The maximum absolute atomic E-state index is 5.30. The molecule has 0 atom stereocenters. The van der Waals surface area contributed by atoms with E-state index in [0.717, 1.165) is 16.7 Å². The Morgan fingerprint density at radius 3 is 1.96 bits per heavy atom. The largest absolute Gasteiger partial charge is 0.362 e. The van der Waals surface area contributed by atoms with Crippen molar-refractivity contribution in [3.05, 3.63) is 28.7 Å². The van der Waals surface area contributed by atoms with Crippen molar-refractivity contribution in [3.63, 3.8) is 0 Å². The van der Waals surface area contributed by atoms with E-state index in [2.05, 4.69) is 33.5 Å². The molecule has 0 amide bonds. The Kier molecular flexibility index (Phi) is 12.3. The van der Waals surface area contributed by atoms with Crippen molar-refractivity contribution in [1.82, 2.24) is 5.32 Å². The van der Waals surface area contributed by atoms with Gasteiger partial charge >= 0.3 is 0 Å². The number of benzene rings is 1. The van der Waals surface area contributed by atoms with Gasteiger partial charge in [0.2, 0.25) is 0 Å². The van der Waals surface area contributed by atoms with Crippen LogP contribution in [0, 0.1) is 0 Å². The molecule has 0 bridgehead atoms. The molecule has 0 aliphatic rings. The summed E-state index contributed by atoms with van der Waals surface area (Å²) in [6.07, 6.45) is 13.6. The fourth-order valence-electron chi connectivity index (χ4n) is 2.52. The highest BCUT2D eigenvalue weighted by Crippen LogP contribution is 2.14. The van der Waals surface area contributed by atoms with E-state index >= 15 is 0 Å². The van der Waals surface area contributed by atoms with Crippen LogP contribution in [0.3, 0.4) is 0 Å². The van der Waals surface area contributed by atoms with Crippen LogP contribution in [0.2, 0.25) is 0 Å². The summed E-state index contributed by atoms with van der Waals surface area (Å²) in [5.41, 5.74) is 1.02. The molecule has 0 heterocycles. The van der Waals surface area contributed by atoms with E-state index < -0.39 is 0 Å². The van der Waals surface area contributed by atoms with Crippen LogP contribution in [0.5, 0.6) is 0 Å². The summed E-state index contributed by atoms with van der Waals surface area (Å²) < 4.78 is 1.08. The van der Waals surface area contributed by atoms with Crippen molar-refractivity contribution in [2.75, 3.05) is 11.9 Å². The van der Waals surface area contributed by atoms with Gasteiger partial charge in [-0.15, -0.1) is 0 Å². The molecule has 1 rings (SSSR count). The van der Waals surface area contributed by atoms with Crippen molar-refractivity contribution in [2.24, 2.45) is 0 Å². The maximum atomic E-state index is 5.30. The van der Waals surface area contributed by atoms with Crippen molar-refractivity contribution < 1.29 is 0 Å². The third kappa shape index (κ3) is 11.5. The zero-order valence-corrected chi connectivity index (χ0v) is 16.8. The minimum Gasteiger partial charge on any atom is -0.362 e. The fourth-order valence-corrected chi connectivity index (χ4v) is 3.01. The molecule has 4 heteroatoms. The summed E-state index contributed by atoms with van der Waals surface area (Å²) in [4.78, 5) is 0. The average molecular weight is 399 g/mol. The van der Waals surface area contributed by atoms with Crippen molar-refractivity contribution >= 4 is 38.9 Å². The van der Waals surface area contributed by atoms with Crippen molar-refractivity contribution in [2.45, 2.75) is 71.1 Å². The van der Waals surface area contributed by atoms with Crippen LogP contribution < -0.4 is 10.6 Å². The number of thiocarbonyl (C=S) groups is 1. The molecule has 0 spiro atoms. The van der Waals surface area contributed by atoms with Gasteiger partial charge < -0.3 is 10.6 Å². The molecule has 23 heavy (non-hydrogen) atoms. The van der Waals surface area contributed by atoms with E-state index in [1.54, 1.807) is 0 Å². The standard InChI is InChI=1S/C19H31BrN2S/c1-2-3-4-5-6-7-8-9-10-11-16-21-19(23)22-18-14-12-17(20)13-15-18/h12-15H,2-11,16H2,1H3,(H2,21,22,23). The van der Waals surface area contributed by atoms with Gasteiger partial charge in [0.05, 0.1) is 0 Å². The van der Waals surface area contributed by atoms with Crippen LogP contribution in [-0.2, 0) is 0 Å². The minimum absolute atomic E-state index is 0.711. The summed E-state index contributed by atoms with van der Waals surface area (Å²) in [5.74, 6) is 0. The van der Waals surface area contributed by atoms with E-state index in [1.807, 2.05) is 24.3 Å². The lowest BCUT2D eigenvalue weighted by atomic mass is 10.1. The second-order valence-corrected chi connectivity index (χ2v) is 7.39. The summed E-state index contributed by atoms with van der Waals surface area (Å²) in [6.45, 7) is 3.23. The molecule has 0 radical (unpaired) electrons. The predicted octanol–water partition coefficient (Wildman–Crippen LogP) is 6.66. The first-order valence-corrected chi connectivity index (χ1v) is 10.2. The van der Waals surface area contributed by atoms with Gasteiger partial charge in [-0.3, -0.25) is 0 Å². The first kappa shape index (κ1) is 20.4. The number of nitrogens with one attached hydrogen (secondary N) is 2. The molecule has 0 saturated carbocycles. The van der Waals surface area contributed by atoms with E-state index in [9.17, 15) is 0 Å². The van der Waals surface area contributed by atoms with E-state index in [-0.39, 0.29) is 0 Å². The number of halogens is 1. The molecule has 0 fully saturated rings. The van der Waals surface area contributed by atoms with E-state index in [1.165, 1.54) is 64.2 Å². The summed E-state index contributed by atoms with van der Waals surface area (Å²) in [6, 6.07) is 8.04. The van der Waals surface area contributed by atoms with E-state index in [0.29, 0.717) is 5.11 Å². The third-order valence-corrected chi connectivity index (χ3v) is 4.69. The molecule has 2 N–H and O–H groups in total. The van der Waals surface area contributed by atoms with Crippen molar-refractivity contribution in [3.8, 4) is 0 Å². The van der Waals surface area contributed by atoms with Crippen LogP contribution >= 0.6 is 28.1 Å². The highest BCUT2D eigenvalue weighted by molar-refractivity contribution is 9.10. The summed E-state index contributed by atoms with van der Waals surface area (Å²) in [7, 11) is 0. The molecule has 2 nitrogen and oxygen atoms in total. The highest BCUT2D eigenvalue weighted by Gasteiger charge is 1.97. The summed E-state index contributed by atoms with van der Waals surface area (Å²) in [5, 5.41) is 7.20. The van der Waals surface area contributed by atoms with Gasteiger partial charge in [0, 0.05) is 16.7 Å². The second kappa shape index (κ2) is 13.8. The van der Waals surface area contributed by atoms with Gasteiger partial charge in [0.1, 0.15) is 0 Å². The highest BCUT2D eigenvalue weighted by atomic mass is 79.9. The lowest BCUT2D eigenvalue weighted by Crippen LogP contribution is -2.29. The van der Waals surface area contributed by atoms with Crippen molar-refractivity contribution in [1.29, 1.82) is 0 Å². The number of anilines is 1. The normalized spacial score (nSPS) is 10.5. The predicted molar refractivity (Wildman–Crippen MR) is 110 cm³/mol. The molecule has 1 aromatic rings. The van der Waals surface area contributed by atoms with Gasteiger partial charge in [0.25, 0.3) is 0 Å². The molecule has 0 aliphatic carbocycles. The SMILES string of the molecule is CCCCCCCCCCCCNC(=S)Nc1ccc(Br)cc1. The van der Waals surface area contributed by atoms with Crippen LogP contribution in [-0.4, -0.2) is 11.7 Å². The Morgan fingerprint density at radius 1 is 0.870 bits per heavy atom. The van der Waals surface area contributed by atoms with Crippen LogP contribution in [0.15, 0.2) is 28.7 Å². The molecule has 0 saturated heterocycles. The second-order valence-electron chi connectivity index (χ2n) is 6.07. The van der Waals surface area contributed by atoms with Gasteiger partial charge in [-0.05, 0) is 42.9 Å². The van der Waals surface area contributed by atoms with Gasteiger partial charge in [-0.2, -0.15) is 0 Å². The monoisotopic (exact) mass is 398 g/mol. The molecular formula is C19H31BrN2S. The maximum Gasteiger partial charge on any atom is 0.170 e. The zero-order valence-electron chi connectivity index (χ0n) is 14.4. The molecule has 0 aliphatic heterocycles. The minimum atomic E-state index is 0.711.